The molecule has 148 valence electrons. The number of hydrogen-bond acceptors (Lipinski definition) is 3. The van der Waals surface area contributed by atoms with Gasteiger partial charge in [-0.1, -0.05) is 13.8 Å². The van der Waals surface area contributed by atoms with Crippen molar-refractivity contribution in [3.63, 3.8) is 0 Å². The molecule has 3 heteroatoms. The lowest BCUT2D eigenvalue weighted by Crippen LogP contribution is -2.66. The van der Waals surface area contributed by atoms with Crippen molar-refractivity contribution in [3.05, 3.63) is 0 Å². The van der Waals surface area contributed by atoms with Crippen molar-refractivity contribution in [2.24, 2.45) is 34.0 Å². The van der Waals surface area contributed by atoms with Crippen LogP contribution in [0.2, 0.25) is 0 Å². The van der Waals surface area contributed by atoms with Crippen molar-refractivity contribution in [1.29, 1.82) is 0 Å². The van der Waals surface area contributed by atoms with Crippen LogP contribution in [-0.4, -0.2) is 29.2 Å². The minimum atomic E-state index is -0.435. The molecule has 2 bridgehead atoms. The van der Waals surface area contributed by atoms with Crippen LogP contribution in [0.15, 0.2) is 0 Å². The minimum absolute atomic E-state index is 0.139. The molecule has 0 radical (unpaired) electrons. The summed E-state index contributed by atoms with van der Waals surface area (Å²) in [5, 5.41) is 10.9. The third kappa shape index (κ3) is 2.06. The van der Waals surface area contributed by atoms with Crippen molar-refractivity contribution < 1.29 is 14.6 Å². The average Bonchev–Trinajstić information content (AvgIpc) is 2.91. The maximum atomic E-state index is 10.9. The highest BCUT2D eigenvalue weighted by molar-refractivity contribution is 5.19. The normalized spacial score (nSPS) is 60.7. The standard InChI is InChI=1S/C23H38O3/c1-19(2)25-14-20(3)17-7-6-15-12-16-13-23(15,11-10-22(16,5)24)21(17,4)9-8-18(20)26-19/h15-18,24H,6-14H2,1-5H3/t15-,16+,17-,18+,20-,21-,22+,23?/m0/s1. The van der Waals surface area contributed by atoms with Crippen LogP contribution in [0.25, 0.3) is 0 Å². The maximum absolute atomic E-state index is 10.9. The lowest BCUT2D eigenvalue weighted by atomic mass is 9.39. The summed E-state index contributed by atoms with van der Waals surface area (Å²) < 4.78 is 12.7. The third-order valence-electron chi connectivity index (χ3n) is 10.2. The van der Waals surface area contributed by atoms with Gasteiger partial charge in [0, 0.05) is 5.41 Å². The molecule has 26 heavy (non-hydrogen) atoms. The highest BCUT2D eigenvalue weighted by atomic mass is 16.7. The van der Waals surface area contributed by atoms with Crippen molar-refractivity contribution in [2.75, 3.05) is 6.61 Å². The van der Waals surface area contributed by atoms with E-state index in [1.165, 1.54) is 44.9 Å². The van der Waals surface area contributed by atoms with Crippen LogP contribution >= 0.6 is 0 Å². The Labute approximate surface area is 159 Å². The first-order chi connectivity index (χ1) is 12.0. The molecule has 5 aliphatic rings. The van der Waals surface area contributed by atoms with Gasteiger partial charge in [0.1, 0.15) is 0 Å². The predicted molar refractivity (Wildman–Crippen MR) is 102 cm³/mol. The second kappa shape index (κ2) is 5.07. The van der Waals surface area contributed by atoms with Crippen LogP contribution in [0.3, 0.4) is 0 Å². The second-order valence-corrected chi connectivity index (χ2v) is 11.7. The summed E-state index contributed by atoms with van der Waals surface area (Å²) in [6.45, 7) is 12.2. The predicted octanol–water partition coefficient (Wildman–Crippen LogP) is 4.91. The molecule has 5 rings (SSSR count). The van der Waals surface area contributed by atoms with Gasteiger partial charge in [0.25, 0.3) is 0 Å². The lowest BCUT2D eigenvalue weighted by molar-refractivity contribution is -0.352. The fraction of sp³-hybridized carbons (Fsp3) is 1.00. The SMILES string of the molecule is CC1(C)OC[C@]2(C)[C@@H](CC[C@@]3(C)[C@H]2CC[C@H]2C[C@@H]4CC23CC[C@@]4(C)O)O1. The summed E-state index contributed by atoms with van der Waals surface area (Å²) in [6.07, 6.45) is 10.2. The molecule has 0 amide bonds. The first kappa shape index (κ1) is 17.9. The highest BCUT2D eigenvalue weighted by Crippen LogP contribution is 2.75. The molecule has 1 N–H and O–H groups in total. The summed E-state index contributed by atoms with van der Waals surface area (Å²) in [5.41, 5.74) is 0.529. The first-order valence-electron chi connectivity index (χ1n) is 11.1. The smallest absolute Gasteiger partial charge is 0.163 e. The number of fused-ring (bicyclic) bond motifs is 4. The molecule has 1 saturated heterocycles. The van der Waals surface area contributed by atoms with Gasteiger partial charge in [0.2, 0.25) is 0 Å². The van der Waals surface area contributed by atoms with E-state index in [4.69, 9.17) is 9.47 Å². The molecule has 0 aromatic rings. The van der Waals surface area contributed by atoms with Gasteiger partial charge in [-0.25, -0.2) is 0 Å². The molecular formula is C23H38O3. The Bertz CT molecular complexity index is 613. The van der Waals surface area contributed by atoms with Gasteiger partial charge in [-0.05, 0) is 101 Å². The van der Waals surface area contributed by atoms with E-state index in [0.717, 1.165) is 18.9 Å². The number of rotatable bonds is 0. The van der Waals surface area contributed by atoms with Crippen LogP contribution in [0.1, 0.15) is 86.0 Å². The van der Waals surface area contributed by atoms with E-state index in [1.54, 1.807) is 0 Å². The largest absolute Gasteiger partial charge is 0.390 e. The zero-order valence-electron chi connectivity index (χ0n) is 17.4. The number of hydrogen-bond donors (Lipinski definition) is 1. The zero-order valence-corrected chi connectivity index (χ0v) is 17.4. The number of ether oxygens (including phenoxy) is 2. The Kier molecular flexibility index (Phi) is 3.50. The van der Waals surface area contributed by atoms with Crippen LogP contribution in [0.4, 0.5) is 0 Å². The Morgan fingerprint density at radius 1 is 0.885 bits per heavy atom. The summed E-state index contributed by atoms with van der Waals surface area (Å²) >= 11 is 0. The van der Waals surface area contributed by atoms with E-state index >= 15 is 0 Å². The van der Waals surface area contributed by atoms with Crippen molar-refractivity contribution in [2.45, 2.75) is 103 Å². The van der Waals surface area contributed by atoms with Crippen LogP contribution in [0.5, 0.6) is 0 Å². The molecule has 1 heterocycles. The minimum Gasteiger partial charge on any atom is -0.390 e. The van der Waals surface area contributed by atoms with Crippen molar-refractivity contribution in [1.82, 2.24) is 0 Å². The van der Waals surface area contributed by atoms with Crippen molar-refractivity contribution >= 4 is 0 Å². The fourth-order valence-corrected chi connectivity index (χ4v) is 8.69. The van der Waals surface area contributed by atoms with E-state index in [1.807, 2.05) is 0 Å². The van der Waals surface area contributed by atoms with Crippen LogP contribution in [0, 0.1) is 34.0 Å². The van der Waals surface area contributed by atoms with Crippen LogP contribution in [-0.2, 0) is 9.47 Å². The Morgan fingerprint density at radius 3 is 2.42 bits per heavy atom. The first-order valence-corrected chi connectivity index (χ1v) is 11.1. The van der Waals surface area contributed by atoms with Crippen molar-refractivity contribution in [3.8, 4) is 0 Å². The van der Waals surface area contributed by atoms with Crippen LogP contribution < -0.4 is 0 Å². The van der Waals surface area contributed by atoms with E-state index in [-0.39, 0.29) is 5.41 Å². The molecule has 1 aliphatic heterocycles. The molecular weight excluding hydrogens is 324 g/mol. The van der Waals surface area contributed by atoms with E-state index in [0.29, 0.717) is 28.8 Å². The van der Waals surface area contributed by atoms with Gasteiger partial charge >= 0.3 is 0 Å². The number of aliphatic hydroxyl groups is 1. The Balaban J connectivity index is 1.52. The highest BCUT2D eigenvalue weighted by Gasteiger charge is 2.70. The average molecular weight is 363 g/mol. The molecule has 8 atom stereocenters. The topological polar surface area (TPSA) is 38.7 Å². The summed E-state index contributed by atoms with van der Waals surface area (Å²) in [5.74, 6) is 1.59. The summed E-state index contributed by atoms with van der Waals surface area (Å²) in [7, 11) is 0. The molecule has 4 aliphatic carbocycles. The molecule has 1 spiro atoms. The van der Waals surface area contributed by atoms with Gasteiger partial charge < -0.3 is 14.6 Å². The Morgan fingerprint density at radius 2 is 1.65 bits per heavy atom. The van der Waals surface area contributed by atoms with Gasteiger partial charge in [0.05, 0.1) is 18.3 Å². The van der Waals surface area contributed by atoms with E-state index in [2.05, 4.69) is 34.6 Å². The maximum Gasteiger partial charge on any atom is 0.163 e. The van der Waals surface area contributed by atoms with Gasteiger partial charge in [-0.3, -0.25) is 0 Å². The summed E-state index contributed by atoms with van der Waals surface area (Å²) in [4.78, 5) is 0. The molecule has 5 fully saturated rings. The summed E-state index contributed by atoms with van der Waals surface area (Å²) in [6, 6.07) is 0. The molecule has 4 saturated carbocycles. The van der Waals surface area contributed by atoms with Gasteiger partial charge in [0.15, 0.2) is 5.79 Å². The molecule has 0 aromatic heterocycles. The molecule has 1 unspecified atom stereocenters. The van der Waals surface area contributed by atoms with Gasteiger partial charge in [-0.15, -0.1) is 0 Å². The molecule has 3 nitrogen and oxygen atoms in total. The third-order valence-corrected chi connectivity index (χ3v) is 10.2. The fourth-order valence-electron chi connectivity index (χ4n) is 8.69. The van der Waals surface area contributed by atoms with E-state index in [9.17, 15) is 5.11 Å². The quantitative estimate of drug-likeness (QED) is 0.665. The zero-order chi connectivity index (χ0) is 18.6. The van der Waals surface area contributed by atoms with E-state index < -0.39 is 11.4 Å². The van der Waals surface area contributed by atoms with Gasteiger partial charge in [-0.2, -0.15) is 0 Å². The Hall–Kier alpha value is -0.120. The monoisotopic (exact) mass is 362 g/mol. The molecule has 0 aromatic carbocycles. The lowest BCUT2D eigenvalue weighted by Gasteiger charge is -2.68. The second-order valence-electron chi connectivity index (χ2n) is 11.7.